The number of nitrogens with zero attached hydrogens (tertiary/aromatic N) is 3. The molecule has 2 aliphatic rings. The summed E-state index contributed by atoms with van der Waals surface area (Å²) in [7, 11) is 0. The van der Waals surface area contributed by atoms with Crippen molar-refractivity contribution >= 4 is 39.7 Å². The van der Waals surface area contributed by atoms with Crippen LogP contribution in [0, 0.1) is 0 Å². The Hall–Kier alpha value is -2.78. The number of fused-ring (bicyclic) bond motifs is 2. The van der Waals surface area contributed by atoms with Crippen LogP contribution < -0.4 is 9.64 Å². The number of rotatable bonds is 3. The second kappa shape index (κ2) is 7.92. The van der Waals surface area contributed by atoms with Gasteiger partial charge >= 0.3 is 6.18 Å². The monoisotopic (exact) mass is 493 g/mol. The summed E-state index contributed by atoms with van der Waals surface area (Å²) >= 11 is 7.51. The van der Waals surface area contributed by atoms with Gasteiger partial charge in [-0.1, -0.05) is 22.9 Å². The SMILES string of the molecule is CC(=O)N1CCC2(C1)CN(c1ncc(Cl)s1)c1ccc(Oc3ccc(C(F)(F)F)cc3)cc12. The van der Waals surface area contributed by atoms with Crippen LogP contribution in [0.4, 0.5) is 24.0 Å². The fourth-order valence-corrected chi connectivity index (χ4v) is 5.51. The third-order valence-corrected chi connectivity index (χ3v) is 7.34. The van der Waals surface area contributed by atoms with Crippen LogP contribution in [0.5, 0.6) is 11.5 Å². The summed E-state index contributed by atoms with van der Waals surface area (Å²) < 4.78 is 45.0. The Labute approximate surface area is 197 Å². The predicted octanol–water partition coefficient (Wildman–Crippen LogP) is 6.25. The summed E-state index contributed by atoms with van der Waals surface area (Å²) in [4.78, 5) is 20.4. The van der Waals surface area contributed by atoms with Gasteiger partial charge in [-0.2, -0.15) is 13.2 Å². The second-order valence-electron chi connectivity index (χ2n) is 8.31. The number of amides is 1. The van der Waals surface area contributed by atoms with Gasteiger partial charge in [-0.05, 0) is 54.4 Å². The van der Waals surface area contributed by atoms with Gasteiger partial charge < -0.3 is 14.5 Å². The number of anilines is 2. The van der Waals surface area contributed by atoms with E-state index in [0.717, 1.165) is 34.9 Å². The molecule has 5 nitrogen and oxygen atoms in total. The zero-order chi connectivity index (χ0) is 23.4. The van der Waals surface area contributed by atoms with Gasteiger partial charge in [-0.15, -0.1) is 0 Å². The number of likely N-dealkylation sites (tertiary alicyclic amines) is 1. The molecule has 33 heavy (non-hydrogen) atoms. The zero-order valence-corrected chi connectivity index (χ0v) is 19.1. The first-order chi connectivity index (χ1) is 15.6. The molecule has 10 heteroatoms. The van der Waals surface area contributed by atoms with Crippen LogP contribution in [-0.2, 0) is 16.4 Å². The maximum Gasteiger partial charge on any atom is 0.416 e. The standard InChI is InChI=1S/C23H19ClF3N3O2S/c1-14(31)29-9-8-22(12-29)13-30(21-28-11-20(24)33-21)19-7-6-17(10-18(19)22)32-16-4-2-15(3-5-16)23(25,26)27/h2-7,10-11H,8-9,12-13H2,1H3. The van der Waals surface area contributed by atoms with Gasteiger partial charge in [-0.3, -0.25) is 4.79 Å². The van der Waals surface area contributed by atoms with Crippen LogP contribution in [-0.4, -0.2) is 35.4 Å². The number of ether oxygens (including phenoxy) is 1. The molecule has 1 amide bonds. The molecular formula is C23H19ClF3N3O2S. The van der Waals surface area contributed by atoms with Crippen molar-refractivity contribution in [1.82, 2.24) is 9.88 Å². The van der Waals surface area contributed by atoms with Crippen molar-refractivity contribution in [2.45, 2.75) is 24.9 Å². The van der Waals surface area contributed by atoms with Crippen molar-refractivity contribution in [3.05, 3.63) is 64.1 Å². The number of alkyl halides is 3. The van der Waals surface area contributed by atoms with E-state index in [-0.39, 0.29) is 11.3 Å². The van der Waals surface area contributed by atoms with Gasteiger partial charge in [0.05, 0.1) is 11.8 Å². The molecule has 0 N–H and O–H groups in total. The molecule has 0 aliphatic carbocycles. The Morgan fingerprint density at radius 1 is 1.15 bits per heavy atom. The summed E-state index contributed by atoms with van der Waals surface area (Å²) in [6.45, 7) is 3.46. The topological polar surface area (TPSA) is 45.7 Å². The smallest absolute Gasteiger partial charge is 0.416 e. The van der Waals surface area contributed by atoms with Crippen LogP contribution in [0.25, 0.3) is 0 Å². The zero-order valence-electron chi connectivity index (χ0n) is 17.5. The molecule has 2 aliphatic heterocycles. The molecule has 0 bridgehead atoms. The first kappa shape index (κ1) is 22.0. The molecule has 1 unspecified atom stereocenters. The lowest BCUT2D eigenvalue weighted by Crippen LogP contribution is -2.36. The number of halogens is 4. The predicted molar refractivity (Wildman–Crippen MR) is 121 cm³/mol. The minimum absolute atomic E-state index is 0.0290. The molecule has 3 aromatic rings. The normalized spacial score (nSPS) is 19.9. The number of carbonyl (C=O) groups is 1. The van der Waals surface area contributed by atoms with E-state index in [2.05, 4.69) is 9.88 Å². The molecule has 0 radical (unpaired) electrons. The van der Waals surface area contributed by atoms with Gasteiger partial charge in [0.25, 0.3) is 0 Å². The van der Waals surface area contributed by atoms with Crippen LogP contribution in [0.1, 0.15) is 24.5 Å². The Balaban J connectivity index is 1.49. The van der Waals surface area contributed by atoms with E-state index >= 15 is 0 Å². The highest BCUT2D eigenvalue weighted by atomic mass is 35.5. The van der Waals surface area contributed by atoms with Crippen LogP contribution in [0.2, 0.25) is 4.34 Å². The minimum atomic E-state index is -4.40. The number of carbonyl (C=O) groups excluding carboxylic acids is 1. The molecule has 1 spiro atoms. The Morgan fingerprint density at radius 2 is 1.88 bits per heavy atom. The van der Waals surface area contributed by atoms with E-state index in [0.29, 0.717) is 35.5 Å². The maximum atomic E-state index is 12.8. The summed E-state index contributed by atoms with van der Waals surface area (Å²) in [6, 6.07) is 10.3. The number of benzene rings is 2. The number of hydrogen-bond donors (Lipinski definition) is 0. The Morgan fingerprint density at radius 3 is 2.48 bits per heavy atom. The highest BCUT2D eigenvalue weighted by Gasteiger charge is 2.49. The van der Waals surface area contributed by atoms with Crippen LogP contribution in [0.3, 0.4) is 0 Å². The molecule has 3 heterocycles. The molecule has 1 aromatic heterocycles. The summed E-state index contributed by atoms with van der Waals surface area (Å²) in [5.74, 6) is 0.866. The van der Waals surface area contributed by atoms with Crippen LogP contribution >= 0.6 is 22.9 Å². The van der Waals surface area contributed by atoms with E-state index in [4.69, 9.17) is 16.3 Å². The average Bonchev–Trinajstić information content (AvgIpc) is 3.46. The lowest BCUT2D eigenvalue weighted by Gasteiger charge is -2.25. The molecular weight excluding hydrogens is 475 g/mol. The maximum absolute atomic E-state index is 12.8. The lowest BCUT2D eigenvalue weighted by atomic mass is 9.81. The molecule has 172 valence electrons. The van der Waals surface area contributed by atoms with E-state index in [1.807, 2.05) is 17.0 Å². The van der Waals surface area contributed by atoms with E-state index < -0.39 is 11.7 Å². The number of aromatic nitrogens is 1. The first-order valence-electron chi connectivity index (χ1n) is 10.3. The van der Waals surface area contributed by atoms with Crippen molar-refractivity contribution < 1.29 is 22.7 Å². The molecule has 1 fully saturated rings. The lowest BCUT2D eigenvalue weighted by molar-refractivity contribution is -0.137. The minimum Gasteiger partial charge on any atom is -0.457 e. The largest absolute Gasteiger partial charge is 0.457 e. The van der Waals surface area contributed by atoms with E-state index in [1.165, 1.54) is 23.5 Å². The van der Waals surface area contributed by atoms with Gasteiger partial charge in [0.1, 0.15) is 15.8 Å². The molecule has 1 atom stereocenters. The molecule has 5 rings (SSSR count). The van der Waals surface area contributed by atoms with E-state index in [9.17, 15) is 18.0 Å². The van der Waals surface area contributed by atoms with Gasteiger partial charge in [0, 0.05) is 37.7 Å². The van der Waals surface area contributed by atoms with Crippen LogP contribution in [0.15, 0.2) is 48.7 Å². The van der Waals surface area contributed by atoms with E-state index in [1.54, 1.807) is 19.2 Å². The highest BCUT2D eigenvalue weighted by molar-refractivity contribution is 7.19. The van der Waals surface area contributed by atoms with Crippen molar-refractivity contribution in [3.8, 4) is 11.5 Å². The van der Waals surface area contributed by atoms with Crippen molar-refractivity contribution in [2.75, 3.05) is 24.5 Å². The van der Waals surface area contributed by atoms with Crippen molar-refractivity contribution in [1.29, 1.82) is 0 Å². The summed E-state index contributed by atoms with van der Waals surface area (Å²) in [5, 5.41) is 0.774. The summed E-state index contributed by atoms with van der Waals surface area (Å²) in [6.07, 6.45) is -1.99. The van der Waals surface area contributed by atoms with Crippen molar-refractivity contribution in [3.63, 3.8) is 0 Å². The summed E-state index contributed by atoms with van der Waals surface area (Å²) in [5.41, 5.74) is 0.975. The third kappa shape index (κ3) is 4.04. The fourth-order valence-electron chi connectivity index (χ4n) is 4.59. The second-order valence-corrected chi connectivity index (χ2v) is 9.95. The number of hydrogen-bond acceptors (Lipinski definition) is 5. The average molecular weight is 494 g/mol. The van der Waals surface area contributed by atoms with Crippen molar-refractivity contribution in [2.24, 2.45) is 0 Å². The highest BCUT2D eigenvalue weighted by Crippen LogP contribution is 2.51. The Kier molecular flexibility index (Phi) is 5.29. The molecule has 1 saturated heterocycles. The van der Waals surface area contributed by atoms with Gasteiger partial charge in [0.15, 0.2) is 5.13 Å². The fraction of sp³-hybridized carbons (Fsp3) is 0.304. The quantitative estimate of drug-likeness (QED) is 0.432. The third-order valence-electron chi connectivity index (χ3n) is 6.20. The Bertz CT molecular complexity index is 1210. The van der Waals surface area contributed by atoms with Gasteiger partial charge in [-0.25, -0.2) is 4.98 Å². The molecule has 0 saturated carbocycles. The first-order valence-corrected chi connectivity index (χ1v) is 11.5. The molecule has 2 aromatic carbocycles. The van der Waals surface area contributed by atoms with Gasteiger partial charge in [0.2, 0.25) is 5.91 Å². The number of thiazole rings is 1.